The van der Waals surface area contributed by atoms with E-state index >= 15 is 0 Å². The van der Waals surface area contributed by atoms with Crippen molar-refractivity contribution < 1.29 is 0 Å². The molecule has 2 heterocycles. The maximum absolute atomic E-state index is 6.16. The van der Waals surface area contributed by atoms with Gasteiger partial charge in [0.2, 0.25) is 0 Å². The molecule has 2 saturated heterocycles. The second kappa shape index (κ2) is 5.08. The summed E-state index contributed by atoms with van der Waals surface area (Å²) in [5.74, 6) is 2.63. The van der Waals surface area contributed by atoms with E-state index in [1.165, 1.54) is 63.4 Å². The predicted molar refractivity (Wildman–Crippen MR) is 74.5 cm³/mol. The van der Waals surface area contributed by atoms with Crippen LogP contribution >= 0.6 is 11.8 Å². The summed E-state index contributed by atoms with van der Waals surface area (Å²) >= 11 is 2.11. The van der Waals surface area contributed by atoms with Crippen molar-refractivity contribution in [3.05, 3.63) is 0 Å². The van der Waals surface area contributed by atoms with Gasteiger partial charge >= 0.3 is 0 Å². The van der Waals surface area contributed by atoms with Gasteiger partial charge in [-0.25, -0.2) is 0 Å². The second-order valence-corrected chi connectivity index (χ2v) is 7.06. The van der Waals surface area contributed by atoms with Gasteiger partial charge in [0.05, 0.1) is 0 Å². The first-order valence-electron chi connectivity index (χ1n) is 7.11. The van der Waals surface area contributed by atoms with Crippen molar-refractivity contribution in [2.75, 3.05) is 44.2 Å². The molecule has 3 aliphatic rings. The summed E-state index contributed by atoms with van der Waals surface area (Å²) in [4.78, 5) is 5.42. The number of nitrogens with two attached hydrogens (primary N) is 1. The van der Waals surface area contributed by atoms with E-state index in [-0.39, 0.29) is 0 Å². The predicted octanol–water partition coefficient (Wildman–Crippen LogP) is 0.991. The minimum absolute atomic E-state index is 0.313. The third-order valence-electron chi connectivity index (χ3n) is 4.70. The van der Waals surface area contributed by atoms with Crippen LogP contribution in [0.5, 0.6) is 0 Å². The molecule has 3 fully saturated rings. The molecule has 4 heteroatoms. The summed E-state index contributed by atoms with van der Waals surface area (Å²) < 4.78 is 0. The lowest BCUT2D eigenvalue weighted by molar-refractivity contribution is 0.106. The van der Waals surface area contributed by atoms with E-state index in [1.807, 2.05) is 0 Å². The molecule has 3 rings (SSSR count). The summed E-state index contributed by atoms with van der Waals surface area (Å²) in [5.41, 5.74) is 6.47. The largest absolute Gasteiger partial charge is 0.329 e. The van der Waals surface area contributed by atoms with Crippen LogP contribution in [0, 0.1) is 0 Å². The molecule has 2 N–H and O–H groups in total. The lowest BCUT2D eigenvalue weighted by Crippen LogP contribution is -2.56. The second-order valence-electron chi connectivity index (χ2n) is 5.83. The molecule has 98 valence electrons. The maximum Gasteiger partial charge on any atom is 0.0470 e. The van der Waals surface area contributed by atoms with E-state index in [2.05, 4.69) is 21.6 Å². The Morgan fingerprint density at radius 1 is 1.18 bits per heavy atom. The minimum atomic E-state index is 0.313. The average Bonchev–Trinajstić information content (AvgIpc) is 3.15. The fourth-order valence-electron chi connectivity index (χ4n) is 3.41. The molecule has 1 unspecified atom stereocenters. The van der Waals surface area contributed by atoms with Crippen molar-refractivity contribution in [1.29, 1.82) is 0 Å². The van der Waals surface area contributed by atoms with Gasteiger partial charge in [0.25, 0.3) is 0 Å². The van der Waals surface area contributed by atoms with Gasteiger partial charge in [-0.2, -0.15) is 11.8 Å². The smallest absolute Gasteiger partial charge is 0.0470 e. The first kappa shape index (κ1) is 12.3. The van der Waals surface area contributed by atoms with Crippen LogP contribution in [0.1, 0.15) is 25.7 Å². The number of hydrogen-bond acceptors (Lipinski definition) is 4. The Labute approximate surface area is 109 Å². The van der Waals surface area contributed by atoms with Crippen molar-refractivity contribution in [1.82, 2.24) is 9.80 Å². The minimum Gasteiger partial charge on any atom is -0.329 e. The molecular weight excluding hydrogens is 230 g/mol. The summed E-state index contributed by atoms with van der Waals surface area (Å²) in [5, 5.41) is 0. The van der Waals surface area contributed by atoms with Crippen LogP contribution in [0.25, 0.3) is 0 Å². The van der Waals surface area contributed by atoms with Crippen molar-refractivity contribution in [3.63, 3.8) is 0 Å². The van der Waals surface area contributed by atoms with E-state index in [0.29, 0.717) is 5.54 Å². The number of likely N-dealkylation sites (tertiary alicyclic amines) is 1. The first-order valence-corrected chi connectivity index (χ1v) is 8.26. The van der Waals surface area contributed by atoms with Gasteiger partial charge in [-0.15, -0.1) is 0 Å². The van der Waals surface area contributed by atoms with Crippen molar-refractivity contribution in [2.24, 2.45) is 5.73 Å². The third kappa shape index (κ3) is 2.50. The normalized spacial score (nSPS) is 37.2. The zero-order valence-electron chi connectivity index (χ0n) is 10.7. The van der Waals surface area contributed by atoms with Crippen LogP contribution in [-0.2, 0) is 0 Å². The molecule has 0 bridgehead atoms. The molecule has 3 nitrogen and oxygen atoms in total. The number of rotatable bonds is 3. The molecule has 0 aromatic rings. The molecular formula is C13H25N3S. The fourth-order valence-corrected chi connectivity index (χ4v) is 4.30. The van der Waals surface area contributed by atoms with Crippen LogP contribution in [0.3, 0.4) is 0 Å². The molecule has 1 aliphatic carbocycles. The standard InChI is InChI=1S/C13H25N3S/c14-10-13(16-5-1-8-17-9-7-16)4-6-15(11-13)12-2-3-12/h12H,1-11,14H2. The van der Waals surface area contributed by atoms with Gasteiger partial charge < -0.3 is 5.73 Å². The van der Waals surface area contributed by atoms with E-state index in [1.54, 1.807) is 0 Å². The molecule has 0 aromatic carbocycles. The topological polar surface area (TPSA) is 32.5 Å². The van der Waals surface area contributed by atoms with Crippen molar-refractivity contribution in [2.45, 2.75) is 37.3 Å². The van der Waals surface area contributed by atoms with Gasteiger partial charge in [-0.05, 0) is 38.0 Å². The van der Waals surface area contributed by atoms with Gasteiger partial charge in [0.1, 0.15) is 0 Å². The number of hydrogen-bond donors (Lipinski definition) is 1. The van der Waals surface area contributed by atoms with Gasteiger partial charge in [-0.1, -0.05) is 0 Å². The summed E-state index contributed by atoms with van der Waals surface area (Å²) in [6.45, 7) is 5.88. The Balaban J connectivity index is 1.67. The highest BCUT2D eigenvalue weighted by Gasteiger charge is 2.45. The SMILES string of the molecule is NCC1(N2CCCSCC2)CCN(C2CC2)C1. The van der Waals surface area contributed by atoms with E-state index < -0.39 is 0 Å². The molecule has 1 atom stereocenters. The van der Waals surface area contributed by atoms with E-state index in [0.717, 1.165) is 12.6 Å². The molecule has 2 aliphatic heterocycles. The lowest BCUT2D eigenvalue weighted by atomic mass is 9.95. The van der Waals surface area contributed by atoms with Crippen LogP contribution in [0.2, 0.25) is 0 Å². The maximum atomic E-state index is 6.16. The molecule has 1 saturated carbocycles. The zero-order chi connectivity index (χ0) is 11.7. The molecule has 0 aromatic heterocycles. The average molecular weight is 255 g/mol. The number of thioether (sulfide) groups is 1. The van der Waals surface area contributed by atoms with E-state index in [9.17, 15) is 0 Å². The summed E-state index contributed by atoms with van der Waals surface area (Å²) in [6, 6.07) is 0.907. The lowest BCUT2D eigenvalue weighted by Gasteiger charge is -2.40. The number of nitrogens with zero attached hydrogens (tertiary/aromatic N) is 2. The molecule has 0 amide bonds. The fraction of sp³-hybridized carbons (Fsp3) is 1.00. The van der Waals surface area contributed by atoms with Gasteiger partial charge in [0.15, 0.2) is 0 Å². The van der Waals surface area contributed by atoms with Crippen LogP contribution in [-0.4, -0.2) is 65.6 Å². The van der Waals surface area contributed by atoms with Crippen molar-refractivity contribution in [3.8, 4) is 0 Å². The Morgan fingerprint density at radius 3 is 2.82 bits per heavy atom. The molecule has 0 spiro atoms. The van der Waals surface area contributed by atoms with Crippen molar-refractivity contribution >= 4 is 11.8 Å². The Hall–Kier alpha value is 0.230. The molecule has 17 heavy (non-hydrogen) atoms. The third-order valence-corrected chi connectivity index (χ3v) is 5.75. The Morgan fingerprint density at radius 2 is 2.06 bits per heavy atom. The summed E-state index contributed by atoms with van der Waals surface area (Å²) in [6.07, 6.45) is 5.49. The quantitative estimate of drug-likeness (QED) is 0.815. The van der Waals surface area contributed by atoms with Crippen LogP contribution in [0.4, 0.5) is 0 Å². The molecule has 0 radical (unpaired) electrons. The van der Waals surface area contributed by atoms with Gasteiger partial charge in [-0.3, -0.25) is 9.80 Å². The highest BCUT2D eigenvalue weighted by atomic mass is 32.2. The Bertz CT molecular complexity index is 261. The first-order chi connectivity index (χ1) is 8.34. The van der Waals surface area contributed by atoms with Crippen LogP contribution < -0.4 is 5.73 Å². The highest BCUT2D eigenvalue weighted by Crippen LogP contribution is 2.36. The van der Waals surface area contributed by atoms with E-state index in [4.69, 9.17) is 5.73 Å². The highest BCUT2D eigenvalue weighted by molar-refractivity contribution is 7.99. The Kier molecular flexibility index (Phi) is 3.67. The summed E-state index contributed by atoms with van der Waals surface area (Å²) in [7, 11) is 0. The van der Waals surface area contributed by atoms with Gasteiger partial charge in [0, 0.05) is 43.5 Å². The monoisotopic (exact) mass is 255 g/mol. The zero-order valence-corrected chi connectivity index (χ0v) is 11.6. The van der Waals surface area contributed by atoms with Crippen LogP contribution in [0.15, 0.2) is 0 Å².